The topological polar surface area (TPSA) is 70.0 Å². The van der Waals surface area contributed by atoms with Gasteiger partial charge < -0.3 is 15.6 Å². The molecular formula is C21H31IN6. The number of halogens is 1. The first kappa shape index (κ1) is 22.3. The summed E-state index contributed by atoms with van der Waals surface area (Å²) in [5.74, 6) is 0.831. The largest absolute Gasteiger partial charge is 0.358 e. The number of para-hydroxylation sites is 1. The van der Waals surface area contributed by atoms with Gasteiger partial charge in [-0.05, 0) is 50.3 Å². The second kappa shape index (κ2) is 9.95. The molecule has 0 radical (unpaired) electrons. The summed E-state index contributed by atoms with van der Waals surface area (Å²) in [6.45, 7) is 7.19. The van der Waals surface area contributed by atoms with E-state index in [0.29, 0.717) is 0 Å². The monoisotopic (exact) mass is 494 g/mol. The molecule has 3 N–H and O–H groups in total. The zero-order chi connectivity index (χ0) is 19.4. The van der Waals surface area contributed by atoms with Crippen LogP contribution in [0, 0.1) is 13.8 Å². The third-order valence-electron chi connectivity index (χ3n) is 5.05. The Hall–Kier alpha value is -2.03. The number of fused-ring (bicyclic) bond motifs is 1. The van der Waals surface area contributed by atoms with Crippen molar-refractivity contribution in [2.45, 2.75) is 39.7 Å². The van der Waals surface area contributed by atoms with Gasteiger partial charge in [0.05, 0.1) is 5.69 Å². The van der Waals surface area contributed by atoms with Crippen molar-refractivity contribution in [2.75, 3.05) is 13.6 Å². The molecule has 0 saturated carbocycles. The molecule has 0 saturated heterocycles. The number of benzene rings is 1. The number of hydrogen-bond acceptors (Lipinski definition) is 2. The Labute approximate surface area is 184 Å². The predicted molar refractivity (Wildman–Crippen MR) is 128 cm³/mol. The van der Waals surface area contributed by atoms with Gasteiger partial charge in [-0.25, -0.2) is 0 Å². The van der Waals surface area contributed by atoms with E-state index >= 15 is 0 Å². The quantitative estimate of drug-likeness (QED) is 0.279. The number of hydrogen-bond donors (Lipinski definition) is 3. The summed E-state index contributed by atoms with van der Waals surface area (Å²) in [6.07, 6.45) is 1.85. The number of guanidine groups is 1. The zero-order valence-corrected chi connectivity index (χ0v) is 19.7. The highest BCUT2D eigenvalue weighted by Gasteiger charge is 2.14. The first-order valence-electron chi connectivity index (χ1n) is 9.50. The van der Waals surface area contributed by atoms with Crippen LogP contribution in [0.1, 0.15) is 29.6 Å². The van der Waals surface area contributed by atoms with Gasteiger partial charge in [0, 0.05) is 50.0 Å². The lowest BCUT2D eigenvalue weighted by Gasteiger charge is -2.18. The van der Waals surface area contributed by atoms with E-state index in [0.717, 1.165) is 31.0 Å². The van der Waals surface area contributed by atoms with E-state index in [-0.39, 0.29) is 30.0 Å². The molecule has 1 aromatic carbocycles. The normalized spacial score (nSPS) is 12.7. The molecule has 0 bridgehead atoms. The lowest BCUT2D eigenvalue weighted by Crippen LogP contribution is -2.43. The SMILES string of the molecule is CN=C(NCCc1cc2ccccc2[nH]1)NC(C)Cc1c(C)nn(C)c1C.I. The molecule has 7 heteroatoms. The highest BCUT2D eigenvalue weighted by Crippen LogP contribution is 2.15. The zero-order valence-electron chi connectivity index (χ0n) is 17.3. The van der Waals surface area contributed by atoms with E-state index in [4.69, 9.17) is 0 Å². The number of aromatic nitrogens is 3. The standard InChI is InChI=1S/C21H30N6.HI/c1-14(12-19-15(2)26-27(5)16(19)3)24-21(22-4)23-11-10-18-13-17-8-6-7-9-20(17)25-18;/h6-9,13-14,25H,10-12H2,1-5H3,(H2,22,23,24);1H. The summed E-state index contributed by atoms with van der Waals surface area (Å²) in [6, 6.07) is 10.8. The average Bonchev–Trinajstić information content (AvgIpc) is 3.16. The highest BCUT2D eigenvalue weighted by atomic mass is 127. The second-order valence-corrected chi connectivity index (χ2v) is 7.15. The van der Waals surface area contributed by atoms with E-state index in [1.165, 1.54) is 27.9 Å². The van der Waals surface area contributed by atoms with Crippen LogP contribution in [0.3, 0.4) is 0 Å². The van der Waals surface area contributed by atoms with Crippen molar-refractivity contribution in [1.29, 1.82) is 0 Å². The molecule has 0 amide bonds. The van der Waals surface area contributed by atoms with Gasteiger partial charge in [0.2, 0.25) is 0 Å². The van der Waals surface area contributed by atoms with Crippen molar-refractivity contribution < 1.29 is 0 Å². The maximum atomic E-state index is 4.50. The minimum atomic E-state index is 0. The Kier molecular flexibility index (Phi) is 7.91. The molecule has 2 aromatic heterocycles. The van der Waals surface area contributed by atoms with Crippen LogP contribution in [0.5, 0.6) is 0 Å². The molecule has 0 aliphatic rings. The van der Waals surface area contributed by atoms with Crippen LogP contribution in [0.4, 0.5) is 0 Å². The minimum absolute atomic E-state index is 0. The van der Waals surface area contributed by atoms with Gasteiger partial charge in [-0.1, -0.05) is 18.2 Å². The third-order valence-corrected chi connectivity index (χ3v) is 5.05. The average molecular weight is 494 g/mol. The number of aromatic amines is 1. The highest BCUT2D eigenvalue weighted by molar-refractivity contribution is 14.0. The molecule has 1 atom stereocenters. The second-order valence-electron chi connectivity index (χ2n) is 7.15. The van der Waals surface area contributed by atoms with Crippen molar-refractivity contribution in [1.82, 2.24) is 25.4 Å². The maximum Gasteiger partial charge on any atom is 0.191 e. The van der Waals surface area contributed by atoms with Gasteiger partial charge in [-0.15, -0.1) is 24.0 Å². The van der Waals surface area contributed by atoms with Crippen molar-refractivity contribution in [3.63, 3.8) is 0 Å². The van der Waals surface area contributed by atoms with E-state index in [2.05, 4.69) is 76.8 Å². The summed E-state index contributed by atoms with van der Waals surface area (Å²) >= 11 is 0. The van der Waals surface area contributed by atoms with Crippen LogP contribution in [0.25, 0.3) is 10.9 Å². The molecule has 0 fully saturated rings. The lowest BCUT2D eigenvalue weighted by atomic mass is 10.1. The van der Waals surface area contributed by atoms with Crippen LogP contribution in [-0.4, -0.2) is 40.4 Å². The number of nitrogens with one attached hydrogen (secondary N) is 3. The fraction of sp³-hybridized carbons (Fsp3) is 0.429. The number of rotatable bonds is 6. The van der Waals surface area contributed by atoms with Gasteiger partial charge in [0.25, 0.3) is 0 Å². The Morgan fingerprint density at radius 3 is 2.68 bits per heavy atom. The van der Waals surface area contributed by atoms with Crippen molar-refractivity contribution in [3.8, 4) is 0 Å². The van der Waals surface area contributed by atoms with Crippen LogP contribution in [0.2, 0.25) is 0 Å². The number of nitrogens with zero attached hydrogens (tertiary/aromatic N) is 3. The van der Waals surface area contributed by atoms with Gasteiger partial charge in [-0.3, -0.25) is 9.67 Å². The third kappa shape index (κ3) is 5.27. The molecular weight excluding hydrogens is 463 g/mol. The van der Waals surface area contributed by atoms with Crippen molar-refractivity contribution in [2.24, 2.45) is 12.0 Å². The van der Waals surface area contributed by atoms with Gasteiger partial charge in [-0.2, -0.15) is 5.10 Å². The maximum absolute atomic E-state index is 4.50. The van der Waals surface area contributed by atoms with Crippen molar-refractivity contribution in [3.05, 3.63) is 53.0 Å². The van der Waals surface area contributed by atoms with Gasteiger partial charge >= 0.3 is 0 Å². The Morgan fingerprint density at radius 1 is 1.29 bits per heavy atom. The molecule has 0 aliphatic heterocycles. The van der Waals surface area contributed by atoms with Crippen molar-refractivity contribution >= 4 is 40.8 Å². The van der Waals surface area contributed by atoms with E-state index in [9.17, 15) is 0 Å². The number of aryl methyl sites for hydroxylation is 2. The molecule has 0 spiro atoms. The number of H-pyrrole nitrogens is 1. The molecule has 1 unspecified atom stereocenters. The van der Waals surface area contributed by atoms with Crippen LogP contribution in [-0.2, 0) is 19.9 Å². The van der Waals surface area contributed by atoms with Crippen LogP contribution in [0.15, 0.2) is 35.3 Å². The number of aliphatic imine (C=N–C) groups is 1. The summed E-state index contributed by atoms with van der Waals surface area (Å²) in [4.78, 5) is 7.82. The molecule has 152 valence electrons. The Bertz CT molecular complexity index is 907. The first-order chi connectivity index (χ1) is 13.0. The van der Waals surface area contributed by atoms with Crippen LogP contribution >= 0.6 is 24.0 Å². The molecule has 2 heterocycles. The summed E-state index contributed by atoms with van der Waals surface area (Å²) in [5, 5.41) is 12.7. The first-order valence-corrected chi connectivity index (χ1v) is 9.50. The molecule has 6 nitrogen and oxygen atoms in total. The Balaban J connectivity index is 0.00000280. The lowest BCUT2D eigenvalue weighted by molar-refractivity contribution is 0.635. The fourth-order valence-electron chi connectivity index (χ4n) is 3.48. The van der Waals surface area contributed by atoms with Crippen LogP contribution < -0.4 is 10.6 Å². The summed E-state index contributed by atoms with van der Waals surface area (Å²) in [7, 11) is 3.81. The smallest absolute Gasteiger partial charge is 0.191 e. The molecule has 3 rings (SSSR count). The van der Waals surface area contributed by atoms with E-state index in [1.807, 2.05) is 18.8 Å². The Morgan fingerprint density at radius 2 is 2.04 bits per heavy atom. The molecule has 28 heavy (non-hydrogen) atoms. The molecule has 3 aromatic rings. The predicted octanol–water partition coefficient (Wildman–Crippen LogP) is 3.47. The minimum Gasteiger partial charge on any atom is -0.358 e. The van der Waals surface area contributed by atoms with E-state index in [1.54, 1.807) is 0 Å². The summed E-state index contributed by atoms with van der Waals surface area (Å²) < 4.78 is 1.95. The van der Waals surface area contributed by atoms with E-state index < -0.39 is 0 Å². The summed E-state index contributed by atoms with van der Waals surface area (Å²) in [5.41, 5.74) is 6.05. The fourth-order valence-corrected chi connectivity index (χ4v) is 3.48. The van der Waals surface area contributed by atoms with Gasteiger partial charge in [0.1, 0.15) is 0 Å². The molecule has 0 aliphatic carbocycles. The van der Waals surface area contributed by atoms with Gasteiger partial charge in [0.15, 0.2) is 5.96 Å².